The van der Waals surface area contributed by atoms with Crippen molar-refractivity contribution in [3.63, 3.8) is 0 Å². The molecule has 1 N–H and O–H groups in total. The minimum Gasteiger partial charge on any atom is -0.394 e. The zero-order valence-electron chi connectivity index (χ0n) is 11.5. The highest BCUT2D eigenvalue weighted by Crippen LogP contribution is 2.24. The summed E-state index contributed by atoms with van der Waals surface area (Å²) in [5, 5.41) is 20.7. The molecule has 0 amide bonds. The number of likely N-dealkylation sites (N-methyl/N-ethyl adjacent to an activating group) is 1. The molecule has 1 aromatic carbocycles. The van der Waals surface area contributed by atoms with E-state index >= 15 is 0 Å². The molecule has 0 fully saturated rings. The first kappa shape index (κ1) is 13.6. The number of aliphatic hydroxyl groups is 1. The van der Waals surface area contributed by atoms with Crippen LogP contribution >= 0.6 is 0 Å². The van der Waals surface area contributed by atoms with Gasteiger partial charge in [-0.05, 0) is 54.2 Å². The summed E-state index contributed by atoms with van der Waals surface area (Å²) in [6, 6.07) is 6.04. The van der Waals surface area contributed by atoms with Gasteiger partial charge in [0.05, 0.1) is 18.3 Å². The Bertz CT molecular complexity index is 526. The maximum Gasteiger partial charge on any atom is 0.143 e. The summed E-state index contributed by atoms with van der Waals surface area (Å²) in [6.07, 6.45) is 1.57. The fraction of sp³-hybridized carbons (Fsp3) is 0.462. The maximum absolute atomic E-state index is 9.58. The molecule has 2 rings (SSSR count). The summed E-state index contributed by atoms with van der Waals surface area (Å²) in [6.45, 7) is 5.11. The van der Waals surface area contributed by atoms with Gasteiger partial charge < -0.3 is 5.11 Å². The van der Waals surface area contributed by atoms with Crippen LogP contribution in [0.15, 0.2) is 24.5 Å². The molecular formula is C13H19N5O. The van der Waals surface area contributed by atoms with Crippen molar-refractivity contribution in [2.75, 3.05) is 20.2 Å². The highest BCUT2D eigenvalue weighted by atomic mass is 16.3. The van der Waals surface area contributed by atoms with Gasteiger partial charge in [0, 0.05) is 0 Å². The Morgan fingerprint density at radius 1 is 1.42 bits per heavy atom. The first-order chi connectivity index (χ1) is 9.17. The van der Waals surface area contributed by atoms with Crippen molar-refractivity contribution in [1.82, 2.24) is 25.1 Å². The van der Waals surface area contributed by atoms with Gasteiger partial charge in [0.2, 0.25) is 0 Å². The summed E-state index contributed by atoms with van der Waals surface area (Å²) in [5.41, 5.74) is 3.16. The molecule has 6 nitrogen and oxygen atoms in total. The van der Waals surface area contributed by atoms with Gasteiger partial charge in [-0.15, -0.1) is 5.10 Å². The molecule has 19 heavy (non-hydrogen) atoms. The second-order valence-corrected chi connectivity index (χ2v) is 4.57. The van der Waals surface area contributed by atoms with Crippen molar-refractivity contribution in [3.8, 4) is 5.69 Å². The Balaban J connectivity index is 2.33. The topological polar surface area (TPSA) is 67.1 Å². The van der Waals surface area contributed by atoms with Crippen LogP contribution in [0.2, 0.25) is 0 Å². The van der Waals surface area contributed by atoms with E-state index in [1.807, 2.05) is 32.2 Å². The normalized spacial score (nSPS) is 12.9. The molecule has 0 spiro atoms. The molecule has 0 saturated carbocycles. The van der Waals surface area contributed by atoms with Crippen molar-refractivity contribution in [2.45, 2.75) is 19.9 Å². The minimum atomic E-state index is 0.0212. The monoisotopic (exact) mass is 261 g/mol. The second-order valence-electron chi connectivity index (χ2n) is 4.57. The quantitative estimate of drug-likeness (QED) is 0.868. The number of aliphatic hydroxyl groups excluding tert-OH is 1. The van der Waals surface area contributed by atoms with Crippen molar-refractivity contribution in [1.29, 1.82) is 0 Å². The maximum atomic E-state index is 9.58. The first-order valence-corrected chi connectivity index (χ1v) is 6.32. The third kappa shape index (κ3) is 2.80. The summed E-state index contributed by atoms with van der Waals surface area (Å²) in [5.74, 6) is 0. The van der Waals surface area contributed by atoms with Crippen LogP contribution in [-0.4, -0.2) is 50.4 Å². The van der Waals surface area contributed by atoms with Crippen molar-refractivity contribution in [2.24, 2.45) is 0 Å². The minimum absolute atomic E-state index is 0.0212. The predicted molar refractivity (Wildman–Crippen MR) is 72.0 cm³/mol. The summed E-state index contributed by atoms with van der Waals surface area (Å²) >= 11 is 0. The van der Waals surface area contributed by atoms with E-state index in [9.17, 15) is 5.11 Å². The molecule has 1 heterocycles. The Kier molecular flexibility index (Phi) is 4.24. The lowest BCUT2D eigenvalue weighted by Gasteiger charge is -2.27. The van der Waals surface area contributed by atoms with Crippen LogP contribution < -0.4 is 0 Å². The van der Waals surface area contributed by atoms with Crippen molar-refractivity contribution < 1.29 is 5.11 Å². The SMILES string of the molecule is CCN(C)[C@@H](CO)c1ccc(-n2cnnn2)cc1C. The van der Waals surface area contributed by atoms with Crippen LogP contribution in [0.5, 0.6) is 0 Å². The van der Waals surface area contributed by atoms with Gasteiger partial charge in [0.1, 0.15) is 6.33 Å². The van der Waals surface area contributed by atoms with Crippen LogP contribution in [0.1, 0.15) is 24.1 Å². The number of benzene rings is 1. The summed E-state index contributed by atoms with van der Waals surface area (Å²) in [4.78, 5) is 2.12. The molecule has 1 atom stereocenters. The number of hydrogen-bond donors (Lipinski definition) is 1. The van der Waals surface area contributed by atoms with Gasteiger partial charge in [-0.2, -0.15) is 0 Å². The fourth-order valence-corrected chi connectivity index (χ4v) is 2.15. The van der Waals surface area contributed by atoms with Crippen molar-refractivity contribution in [3.05, 3.63) is 35.7 Å². The highest BCUT2D eigenvalue weighted by Gasteiger charge is 2.17. The Morgan fingerprint density at radius 3 is 2.74 bits per heavy atom. The number of nitrogens with zero attached hydrogens (tertiary/aromatic N) is 5. The molecule has 6 heteroatoms. The van der Waals surface area contributed by atoms with E-state index in [0.717, 1.165) is 23.4 Å². The molecule has 102 valence electrons. The van der Waals surface area contributed by atoms with Crippen LogP contribution in [-0.2, 0) is 0 Å². The van der Waals surface area contributed by atoms with Gasteiger partial charge >= 0.3 is 0 Å². The van der Waals surface area contributed by atoms with Gasteiger partial charge in [-0.3, -0.25) is 4.90 Å². The Morgan fingerprint density at radius 2 is 2.21 bits per heavy atom. The summed E-state index contributed by atoms with van der Waals surface area (Å²) < 4.78 is 1.62. The molecular weight excluding hydrogens is 242 g/mol. The molecule has 0 aliphatic carbocycles. The Labute approximate surface area is 112 Å². The second kappa shape index (κ2) is 5.90. The van der Waals surface area contributed by atoms with Crippen LogP contribution in [0.3, 0.4) is 0 Å². The van der Waals surface area contributed by atoms with E-state index in [4.69, 9.17) is 0 Å². The third-order valence-electron chi connectivity index (χ3n) is 3.43. The Hall–Kier alpha value is -1.79. The standard InChI is InChI=1S/C13H19N5O/c1-4-17(3)13(8-19)12-6-5-11(7-10(12)2)18-9-14-15-16-18/h5-7,9,13,19H,4,8H2,1-3H3/t13-/m0/s1. The van der Waals surface area contributed by atoms with Crippen LogP contribution in [0.25, 0.3) is 5.69 Å². The van der Waals surface area contributed by atoms with E-state index in [1.54, 1.807) is 11.0 Å². The lowest BCUT2D eigenvalue weighted by molar-refractivity contribution is 0.152. The number of hydrogen-bond acceptors (Lipinski definition) is 5. The lowest BCUT2D eigenvalue weighted by Crippen LogP contribution is -2.27. The van der Waals surface area contributed by atoms with E-state index in [0.29, 0.717) is 0 Å². The van der Waals surface area contributed by atoms with Gasteiger partial charge in [-0.1, -0.05) is 13.0 Å². The average molecular weight is 261 g/mol. The van der Waals surface area contributed by atoms with Gasteiger partial charge in [-0.25, -0.2) is 4.68 Å². The van der Waals surface area contributed by atoms with Gasteiger partial charge in [0.25, 0.3) is 0 Å². The van der Waals surface area contributed by atoms with Crippen LogP contribution in [0.4, 0.5) is 0 Å². The number of aryl methyl sites for hydroxylation is 1. The number of tetrazole rings is 1. The molecule has 0 radical (unpaired) electrons. The third-order valence-corrected chi connectivity index (χ3v) is 3.43. The van der Waals surface area contributed by atoms with E-state index < -0.39 is 0 Å². The largest absolute Gasteiger partial charge is 0.394 e. The van der Waals surface area contributed by atoms with Crippen molar-refractivity contribution >= 4 is 0 Å². The number of aromatic nitrogens is 4. The molecule has 0 unspecified atom stereocenters. The molecule has 2 aromatic rings. The highest BCUT2D eigenvalue weighted by molar-refractivity contribution is 5.40. The molecule has 0 bridgehead atoms. The van der Waals surface area contributed by atoms with E-state index in [1.165, 1.54) is 0 Å². The predicted octanol–water partition coefficient (Wildman–Crippen LogP) is 0.956. The molecule has 0 aliphatic rings. The zero-order chi connectivity index (χ0) is 13.8. The van der Waals surface area contributed by atoms with Gasteiger partial charge in [0.15, 0.2) is 0 Å². The fourth-order valence-electron chi connectivity index (χ4n) is 2.15. The smallest absolute Gasteiger partial charge is 0.143 e. The summed E-state index contributed by atoms with van der Waals surface area (Å²) in [7, 11) is 2.01. The van der Waals surface area contributed by atoms with Crippen LogP contribution in [0, 0.1) is 6.92 Å². The lowest BCUT2D eigenvalue weighted by atomic mass is 10.00. The molecule has 0 aliphatic heterocycles. The molecule has 1 aromatic heterocycles. The first-order valence-electron chi connectivity index (χ1n) is 6.32. The van der Waals surface area contributed by atoms with E-state index in [2.05, 4.69) is 27.3 Å². The molecule has 0 saturated heterocycles. The zero-order valence-corrected chi connectivity index (χ0v) is 11.5. The average Bonchev–Trinajstić information content (AvgIpc) is 2.95. The van der Waals surface area contributed by atoms with E-state index in [-0.39, 0.29) is 12.6 Å². The number of rotatable bonds is 5.